The zero-order valence-electron chi connectivity index (χ0n) is 12.0. The Balaban J connectivity index is 1.87. The van der Waals surface area contributed by atoms with Crippen LogP contribution in [-0.2, 0) is 13.0 Å². The Kier molecular flexibility index (Phi) is 5.02. The van der Waals surface area contributed by atoms with Gasteiger partial charge >= 0.3 is 0 Å². The van der Waals surface area contributed by atoms with Crippen molar-refractivity contribution in [3.63, 3.8) is 0 Å². The van der Waals surface area contributed by atoms with Crippen LogP contribution < -0.4 is 10.1 Å². The number of phenols is 1. The van der Waals surface area contributed by atoms with Crippen molar-refractivity contribution in [2.45, 2.75) is 25.9 Å². The molecule has 0 amide bonds. The second-order valence-corrected chi connectivity index (χ2v) is 4.98. The Morgan fingerprint density at radius 3 is 2.50 bits per heavy atom. The maximum Gasteiger partial charge on any atom is 0.160 e. The van der Waals surface area contributed by atoms with Gasteiger partial charge in [-0.1, -0.05) is 36.4 Å². The molecule has 2 rings (SSSR count). The van der Waals surface area contributed by atoms with E-state index in [9.17, 15) is 5.11 Å². The van der Waals surface area contributed by atoms with Gasteiger partial charge in [0.1, 0.15) is 0 Å². The van der Waals surface area contributed by atoms with Crippen LogP contribution in [0, 0.1) is 0 Å². The summed E-state index contributed by atoms with van der Waals surface area (Å²) >= 11 is 0. The van der Waals surface area contributed by atoms with Gasteiger partial charge in [0, 0.05) is 12.6 Å². The van der Waals surface area contributed by atoms with E-state index in [1.807, 2.05) is 12.1 Å². The molecule has 0 aromatic heterocycles. The highest BCUT2D eigenvalue weighted by molar-refractivity contribution is 5.41. The van der Waals surface area contributed by atoms with Gasteiger partial charge in [0.25, 0.3) is 0 Å². The summed E-state index contributed by atoms with van der Waals surface area (Å²) in [6.45, 7) is 2.89. The first-order valence-corrected chi connectivity index (χ1v) is 6.82. The van der Waals surface area contributed by atoms with E-state index in [0.717, 1.165) is 18.5 Å². The van der Waals surface area contributed by atoms with Crippen LogP contribution in [0.2, 0.25) is 0 Å². The topological polar surface area (TPSA) is 41.5 Å². The lowest BCUT2D eigenvalue weighted by atomic mass is 10.1. The summed E-state index contributed by atoms with van der Waals surface area (Å²) in [6.07, 6.45) is 0.989. The third kappa shape index (κ3) is 4.00. The van der Waals surface area contributed by atoms with Crippen molar-refractivity contribution >= 4 is 0 Å². The molecule has 2 aromatic carbocycles. The van der Waals surface area contributed by atoms with Gasteiger partial charge in [0.05, 0.1) is 7.11 Å². The van der Waals surface area contributed by atoms with Crippen LogP contribution in [0.25, 0.3) is 0 Å². The minimum atomic E-state index is 0.183. The van der Waals surface area contributed by atoms with Crippen molar-refractivity contribution in [2.24, 2.45) is 0 Å². The van der Waals surface area contributed by atoms with Gasteiger partial charge in [-0.2, -0.15) is 0 Å². The third-order valence-electron chi connectivity index (χ3n) is 3.28. The summed E-state index contributed by atoms with van der Waals surface area (Å²) in [6, 6.07) is 16.3. The van der Waals surface area contributed by atoms with Gasteiger partial charge in [0.15, 0.2) is 11.5 Å². The lowest BCUT2D eigenvalue weighted by Gasteiger charge is -2.14. The second-order valence-electron chi connectivity index (χ2n) is 4.98. The molecular weight excluding hydrogens is 250 g/mol. The number of ether oxygens (including phenoxy) is 1. The summed E-state index contributed by atoms with van der Waals surface area (Å²) < 4.78 is 5.03. The molecule has 0 saturated heterocycles. The quantitative estimate of drug-likeness (QED) is 0.848. The summed E-state index contributed by atoms with van der Waals surface area (Å²) in [7, 11) is 1.55. The van der Waals surface area contributed by atoms with Crippen molar-refractivity contribution in [3.05, 3.63) is 59.7 Å². The Labute approximate surface area is 120 Å². The molecule has 20 heavy (non-hydrogen) atoms. The summed E-state index contributed by atoms with van der Waals surface area (Å²) in [4.78, 5) is 0. The van der Waals surface area contributed by atoms with E-state index < -0.39 is 0 Å². The third-order valence-corrected chi connectivity index (χ3v) is 3.28. The molecule has 3 heteroatoms. The van der Waals surface area contributed by atoms with Crippen LogP contribution >= 0.6 is 0 Å². The van der Waals surface area contributed by atoms with Crippen LogP contribution in [0.5, 0.6) is 11.5 Å². The molecule has 0 bridgehead atoms. The molecule has 0 saturated carbocycles. The fourth-order valence-corrected chi connectivity index (χ4v) is 2.18. The number of hydrogen-bond donors (Lipinski definition) is 2. The number of phenolic OH excluding ortho intramolecular Hbond substituents is 1. The van der Waals surface area contributed by atoms with E-state index in [1.54, 1.807) is 19.2 Å². The predicted octanol–water partition coefficient (Wildman–Crippen LogP) is 3.12. The fourth-order valence-electron chi connectivity index (χ4n) is 2.18. The summed E-state index contributed by atoms with van der Waals surface area (Å²) in [5, 5.41) is 13.2. The molecule has 2 N–H and O–H groups in total. The lowest BCUT2D eigenvalue weighted by Crippen LogP contribution is -2.27. The van der Waals surface area contributed by atoms with E-state index in [2.05, 4.69) is 36.5 Å². The van der Waals surface area contributed by atoms with Crippen LogP contribution in [0.4, 0.5) is 0 Å². The molecule has 0 aliphatic heterocycles. The fraction of sp³-hybridized carbons (Fsp3) is 0.294. The standard InChI is InChI=1S/C17H21NO2/c1-13(10-14-6-4-3-5-7-14)18-12-15-8-9-17(20-2)16(19)11-15/h3-9,11,13,18-19H,10,12H2,1-2H3. The molecular formula is C17H21NO2. The van der Waals surface area contributed by atoms with E-state index in [-0.39, 0.29) is 5.75 Å². The van der Waals surface area contributed by atoms with E-state index in [1.165, 1.54) is 5.56 Å². The average molecular weight is 271 g/mol. The largest absolute Gasteiger partial charge is 0.504 e. The minimum absolute atomic E-state index is 0.183. The van der Waals surface area contributed by atoms with Crippen molar-refractivity contribution in [2.75, 3.05) is 7.11 Å². The molecule has 0 spiro atoms. The number of benzene rings is 2. The smallest absolute Gasteiger partial charge is 0.160 e. The summed E-state index contributed by atoms with van der Waals surface area (Å²) in [5.74, 6) is 0.689. The SMILES string of the molecule is COc1ccc(CNC(C)Cc2ccccc2)cc1O. The van der Waals surface area contributed by atoms with Crippen molar-refractivity contribution < 1.29 is 9.84 Å². The molecule has 0 radical (unpaired) electrons. The average Bonchev–Trinajstić information content (AvgIpc) is 2.46. The lowest BCUT2D eigenvalue weighted by molar-refractivity contribution is 0.373. The zero-order valence-corrected chi connectivity index (χ0v) is 12.0. The number of hydrogen-bond acceptors (Lipinski definition) is 3. The Bertz CT molecular complexity index is 540. The minimum Gasteiger partial charge on any atom is -0.504 e. The normalized spacial score (nSPS) is 12.1. The molecule has 0 aliphatic rings. The predicted molar refractivity (Wildman–Crippen MR) is 81.1 cm³/mol. The van der Waals surface area contributed by atoms with Crippen molar-refractivity contribution in [1.82, 2.24) is 5.32 Å². The molecule has 3 nitrogen and oxygen atoms in total. The molecule has 2 aromatic rings. The van der Waals surface area contributed by atoms with Gasteiger partial charge in [-0.05, 0) is 36.6 Å². The number of methoxy groups -OCH3 is 1. The van der Waals surface area contributed by atoms with Gasteiger partial charge in [-0.25, -0.2) is 0 Å². The van der Waals surface area contributed by atoms with Gasteiger partial charge in [-0.3, -0.25) is 0 Å². The molecule has 1 atom stereocenters. The van der Waals surface area contributed by atoms with Gasteiger partial charge in [0.2, 0.25) is 0 Å². The van der Waals surface area contributed by atoms with Crippen LogP contribution in [0.15, 0.2) is 48.5 Å². The first-order chi connectivity index (χ1) is 9.69. The van der Waals surface area contributed by atoms with E-state index >= 15 is 0 Å². The molecule has 1 unspecified atom stereocenters. The number of nitrogens with one attached hydrogen (secondary N) is 1. The molecule has 0 aliphatic carbocycles. The highest BCUT2D eigenvalue weighted by Crippen LogP contribution is 2.26. The second kappa shape index (κ2) is 6.96. The highest BCUT2D eigenvalue weighted by Gasteiger charge is 2.05. The number of rotatable bonds is 6. The Morgan fingerprint density at radius 2 is 1.85 bits per heavy atom. The van der Waals surface area contributed by atoms with E-state index in [4.69, 9.17) is 4.74 Å². The molecule has 0 heterocycles. The highest BCUT2D eigenvalue weighted by atomic mass is 16.5. The van der Waals surface area contributed by atoms with Crippen LogP contribution in [0.1, 0.15) is 18.1 Å². The van der Waals surface area contributed by atoms with Crippen LogP contribution in [-0.4, -0.2) is 18.3 Å². The molecule has 106 valence electrons. The molecule has 0 fully saturated rings. The number of aromatic hydroxyl groups is 1. The van der Waals surface area contributed by atoms with Crippen molar-refractivity contribution in [1.29, 1.82) is 0 Å². The van der Waals surface area contributed by atoms with Crippen molar-refractivity contribution in [3.8, 4) is 11.5 Å². The first-order valence-electron chi connectivity index (χ1n) is 6.82. The monoisotopic (exact) mass is 271 g/mol. The van der Waals surface area contributed by atoms with Gasteiger partial charge in [-0.15, -0.1) is 0 Å². The Morgan fingerprint density at radius 1 is 1.10 bits per heavy atom. The Hall–Kier alpha value is -2.00. The van der Waals surface area contributed by atoms with E-state index in [0.29, 0.717) is 11.8 Å². The maximum atomic E-state index is 9.74. The van der Waals surface area contributed by atoms with Gasteiger partial charge < -0.3 is 15.2 Å². The van der Waals surface area contributed by atoms with Crippen LogP contribution in [0.3, 0.4) is 0 Å². The summed E-state index contributed by atoms with van der Waals surface area (Å²) in [5.41, 5.74) is 2.37. The first kappa shape index (κ1) is 14.4. The zero-order chi connectivity index (χ0) is 14.4. The maximum absolute atomic E-state index is 9.74.